The van der Waals surface area contributed by atoms with Crippen LogP contribution in [0.15, 0.2) is 5.16 Å². The second-order valence-corrected chi connectivity index (χ2v) is 6.14. The molecule has 1 amide bonds. The van der Waals surface area contributed by atoms with Gasteiger partial charge in [-0.2, -0.15) is 0 Å². The molecule has 7 heteroatoms. The highest BCUT2D eigenvalue weighted by Crippen LogP contribution is 2.31. The van der Waals surface area contributed by atoms with E-state index in [-0.39, 0.29) is 11.7 Å². The van der Waals surface area contributed by atoms with Crippen LogP contribution in [0.4, 0.5) is 0 Å². The zero-order valence-electron chi connectivity index (χ0n) is 12.7. The van der Waals surface area contributed by atoms with Gasteiger partial charge in [0.1, 0.15) is 5.41 Å². The van der Waals surface area contributed by atoms with Crippen LogP contribution in [-0.2, 0) is 9.53 Å². The van der Waals surface area contributed by atoms with Crippen LogP contribution in [0.2, 0.25) is 0 Å². The number of likely N-dealkylation sites (tertiary alicyclic amines) is 1. The Bertz CT molecular complexity index is 386. The number of hydrogen-bond donors (Lipinski definition) is 3. The Morgan fingerprint density at radius 3 is 2.62 bits per heavy atom. The number of ether oxygens (including phenoxy) is 1. The summed E-state index contributed by atoms with van der Waals surface area (Å²) in [5, 5.41) is 15.1. The fourth-order valence-electron chi connectivity index (χ4n) is 3.09. The zero-order chi connectivity index (χ0) is 15.3. The molecule has 4 N–H and O–H groups in total. The third-order valence-electron chi connectivity index (χ3n) is 4.77. The van der Waals surface area contributed by atoms with E-state index in [1.54, 1.807) is 0 Å². The lowest BCUT2D eigenvalue weighted by atomic mass is 9.78. The van der Waals surface area contributed by atoms with Crippen molar-refractivity contribution in [3.05, 3.63) is 0 Å². The molecule has 21 heavy (non-hydrogen) atoms. The smallest absolute Gasteiger partial charge is 0.234 e. The summed E-state index contributed by atoms with van der Waals surface area (Å²) in [4.78, 5) is 14.9. The summed E-state index contributed by atoms with van der Waals surface area (Å²) >= 11 is 0. The number of nitrogens with zero attached hydrogens (tertiary/aromatic N) is 2. The predicted octanol–water partition coefficient (Wildman–Crippen LogP) is -0.0124. The van der Waals surface area contributed by atoms with Gasteiger partial charge in [0.25, 0.3) is 0 Å². The van der Waals surface area contributed by atoms with Crippen molar-refractivity contribution in [2.75, 3.05) is 39.9 Å². The van der Waals surface area contributed by atoms with E-state index in [0.29, 0.717) is 38.5 Å². The van der Waals surface area contributed by atoms with Crippen molar-refractivity contribution in [3.8, 4) is 0 Å². The first-order chi connectivity index (χ1) is 10.1. The maximum Gasteiger partial charge on any atom is 0.234 e. The highest BCUT2D eigenvalue weighted by atomic mass is 16.5. The van der Waals surface area contributed by atoms with Crippen molar-refractivity contribution in [2.45, 2.75) is 25.7 Å². The second-order valence-electron chi connectivity index (χ2n) is 6.14. The van der Waals surface area contributed by atoms with Gasteiger partial charge in [0.05, 0.1) is 0 Å². The van der Waals surface area contributed by atoms with Gasteiger partial charge in [0.15, 0.2) is 5.84 Å². The third kappa shape index (κ3) is 3.65. The lowest BCUT2D eigenvalue weighted by molar-refractivity contribution is -0.131. The number of piperidine rings is 1. The minimum Gasteiger partial charge on any atom is -0.409 e. The Kier molecular flexibility index (Phi) is 5.41. The highest BCUT2D eigenvalue weighted by molar-refractivity contribution is 6.06. The highest BCUT2D eigenvalue weighted by Gasteiger charge is 2.44. The van der Waals surface area contributed by atoms with Gasteiger partial charge in [-0.3, -0.25) is 4.79 Å². The number of amidine groups is 1. The van der Waals surface area contributed by atoms with Crippen molar-refractivity contribution in [3.63, 3.8) is 0 Å². The molecular weight excluding hydrogens is 272 g/mol. The number of carbonyl (C=O) groups excluding carboxylic acids is 1. The van der Waals surface area contributed by atoms with E-state index < -0.39 is 5.41 Å². The maximum atomic E-state index is 12.6. The molecule has 0 unspecified atom stereocenters. The molecule has 0 spiro atoms. The van der Waals surface area contributed by atoms with Crippen LogP contribution in [0.3, 0.4) is 0 Å². The molecule has 2 aliphatic heterocycles. The van der Waals surface area contributed by atoms with E-state index in [0.717, 1.165) is 25.9 Å². The molecule has 0 radical (unpaired) electrons. The first kappa shape index (κ1) is 16.0. The largest absolute Gasteiger partial charge is 0.409 e. The first-order valence-electron chi connectivity index (χ1n) is 7.61. The van der Waals surface area contributed by atoms with E-state index in [4.69, 9.17) is 15.7 Å². The summed E-state index contributed by atoms with van der Waals surface area (Å²) in [5.41, 5.74) is 4.87. The van der Waals surface area contributed by atoms with Gasteiger partial charge in [-0.25, -0.2) is 0 Å². The third-order valence-corrected chi connectivity index (χ3v) is 4.77. The molecule has 0 aliphatic carbocycles. The SMILES string of the molecule is CN1CCC(CNC(=O)C2(C(N)=NO)CCOCC2)CC1. The van der Waals surface area contributed by atoms with Gasteiger partial charge < -0.3 is 25.9 Å². The molecule has 120 valence electrons. The van der Waals surface area contributed by atoms with Crippen LogP contribution in [0.5, 0.6) is 0 Å². The van der Waals surface area contributed by atoms with Crippen LogP contribution < -0.4 is 11.1 Å². The molecule has 0 aromatic carbocycles. The predicted molar refractivity (Wildman–Crippen MR) is 79.1 cm³/mol. The van der Waals surface area contributed by atoms with Gasteiger partial charge in [-0.15, -0.1) is 0 Å². The average molecular weight is 298 g/mol. The lowest BCUT2D eigenvalue weighted by Crippen LogP contribution is -2.53. The van der Waals surface area contributed by atoms with Gasteiger partial charge in [0.2, 0.25) is 5.91 Å². The maximum absolute atomic E-state index is 12.6. The van der Waals surface area contributed by atoms with E-state index in [2.05, 4.69) is 22.4 Å². The van der Waals surface area contributed by atoms with Gasteiger partial charge >= 0.3 is 0 Å². The van der Waals surface area contributed by atoms with Crippen LogP contribution in [0.1, 0.15) is 25.7 Å². The van der Waals surface area contributed by atoms with Crippen molar-refractivity contribution >= 4 is 11.7 Å². The molecule has 0 aromatic heterocycles. The quantitative estimate of drug-likeness (QED) is 0.293. The summed E-state index contributed by atoms with van der Waals surface area (Å²) in [5.74, 6) is 0.362. The Balaban J connectivity index is 1.93. The van der Waals surface area contributed by atoms with Crippen LogP contribution in [0, 0.1) is 11.3 Å². The van der Waals surface area contributed by atoms with Crippen molar-refractivity contribution < 1.29 is 14.7 Å². The Morgan fingerprint density at radius 1 is 1.43 bits per heavy atom. The summed E-state index contributed by atoms with van der Waals surface area (Å²) in [7, 11) is 2.12. The van der Waals surface area contributed by atoms with Crippen molar-refractivity contribution in [1.29, 1.82) is 0 Å². The fourth-order valence-corrected chi connectivity index (χ4v) is 3.09. The Labute approximate surface area is 125 Å². The normalized spacial score (nSPS) is 24.7. The summed E-state index contributed by atoms with van der Waals surface area (Å²) < 4.78 is 5.30. The van der Waals surface area contributed by atoms with Crippen molar-refractivity contribution in [1.82, 2.24) is 10.2 Å². The molecule has 2 saturated heterocycles. The summed E-state index contributed by atoms with van der Waals surface area (Å²) in [6.45, 7) is 3.71. The molecule has 0 aromatic rings. The van der Waals surface area contributed by atoms with E-state index >= 15 is 0 Å². The number of carbonyl (C=O) groups is 1. The standard InChI is InChI=1S/C14H26N4O3/c1-18-6-2-11(3-7-18)10-16-13(19)14(12(15)17-20)4-8-21-9-5-14/h11,20H,2-10H2,1H3,(H2,15,17)(H,16,19). The molecule has 2 fully saturated rings. The van der Waals surface area contributed by atoms with Gasteiger partial charge in [-0.05, 0) is 51.7 Å². The molecule has 0 bridgehead atoms. The number of oxime groups is 1. The number of hydrogen-bond acceptors (Lipinski definition) is 5. The van der Waals surface area contributed by atoms with Crippen molar-refractivity contribution in [2.24, 2.45) is 22.2 Å². The molecular formula is C14H26N4O3. The molecule has 0 saturated carbocycles. The fraction of sp³-hybridized carbons (Fsp3) is 0.857. The van der Waals surface area contributed by atoms with Gasteiger partial charge in [0, 0.05) is 19.8 Å². The molecule has 0 atom stereocenters. The number of amides is 1. The monoisotopic (exact) mass is 298 g/mol. The molecule has 2 heterocycles. The molecule has 7 nitrogen and oxygen atoms in total. The number of nitrogens with two attached hydrogens (primary N) is 1. The molecule has 2 aliphatic rings. The second kappa shape index (κ2) is 7.09. The Morgan fingerprint density at radius 2 is 2.05 bits per heavy atom. The average Bonchev–Trinajstić information content (AvgIpc) is 2.53. The number of rotatable bonds is 4. The first-order valence-corrected chi connectivity index (χ1v) is 7.61. The van der Waals surface area contributed by atoms with E-state index in [1.165, 1.54) is 0 Å². The lowest BCUT2D eigenvalue weighted by Gasteiger charge is -2.35. The van der Waals surface area contributed by atoms with Gasteiger partial charge in [-0.1, -0.05) is 5.16 Å². The molecule has 2 rings (SSSR count). The van der Waals surface area contributed by atoms with Crippen LogP contribution in [0.25, 0.3) is 0 Å². The number of nitrogens with one attached hydrogen (secondary N) is 1. The topological polar surface area (TPSA) is 100 Å². The Hall–Kier alpha value is -1.34. The van der Waals surface area contributed by atoms with E-state index in [9.17, 15) is 4.79 Å². The minimum atomic E-state index is -0.918. The summed E-state index contributed by atoms with van der Waals surface area (Å²) in [6, 6.07) is 0. The van der Waals surface area contributed by atoms with E-state index in [1.807, 2.05) is 0 Å². The zero-order valence-corrected chi connectivity index (χ0v) is 12.7. The van der Waals surface area contributed by atoms with Crippen LogP contribution >= 0.6 is 0 Å². The minimum absolute atomic E-state index is 0.00771. The summed E-state index contributed by atoms with van der Waals surface area (Å²) in [6.07, 6.45) is 3.11. The van der Waals surface area contributed by atoms with Crippen LogP contribution in [-0.4, -0.2) is 61.7 Å².